The molecule has 0 saturated heterocycles. The predicted molar refractivity (Wildman–Crippen MR) is 93.5 cm³/mol. The number of aliphatic hydroxyl groups is 1. The second kappa shape index (κ2) is 7.37. The maximum absolute atomic E-state index is 12.1. The van der Waals surface area contributed by atoms with Gasteiger partial charge in [-0.15, -0.1) is 5.10 Å². The highest BCUT2D eigenvalue weighted by Gasteiger charge is 2.14. The SMILES string of the molecule is O=C(Nc1ccc(Br)cc1)c1ncn(CC(O)c2ccccc2)n1. The van der Waals surface area contributed by atoms with E-state index in [1.54, 1.807) is 12.1 Å². The largest absolute Gasteiger partial charge is 0.386 e. The number of carbonyl (C=O) groups excluding carboxylic acids is 1. The maximum Gasteiger partial charge on any atom is 0.295 e. The molecule has 0 aliphatic heterocycles. The Labute approximate surface area is 147 Å². The first-order valence-corrected chi connectivity index (χ1v) is 8.10. The molecule has 1 atom stereocenters. The minimum Gasteiger partial charge on any atom is -0.386 e. The van der Waals surface area contributed by atoms with Gasteiger partial charge in [0.15, 0.2) is 0 Å². The lowest BCUT2D eigenvalue weighted by molar-refractivity contribution is 0.101. The molecule has 6 nitrogen and oxygen atoms in total. The summed E-state index contributed by atoms with van der Waals surface area (Å²) in [6.07, 6.45) is 0.720. The zero-order chi connectivity index (χ0) is 16.9. The maximum atomic E-state index is 12.1. The molecule has 0 fully saturated rings. The summed E-state index contributed by atoms with van der Waals surface area (Å²) in [5.74, 6) is -0.344. The number of anilines is 1. The van der Waals surface area contributed by atoms with E-state index < -0.39 is 12.0 Å². The average molecular weight is 387 g/mol. The van der Waals surface area contributed by atoms with Crippen molar-refractivity contribution in [1.29, 1.82) is 0 Å². The van der Waals surface area contributed by atoms with Crippen LogP contribution in [0.5, 0.6) is 0 Å². The van der Waals surface area contributed by atoms with Crippen LogP contribution in [-0.4, -0.2) is 25.8 Å². The molecular formula is C17H15BrN4O2. The van der Waals surface area contributed by atoms with E-state index in [2.05, 4.69) is 31.3 Å². The zero-order valence-corrected chi connectivity index (χ0v) is 14.2. The first-order chi connectivity index (χ1) is 11.6. The number of hydrogen-bond acceptors (Lipinski definition) is 4. The fourth-order valence-electron chi connectivity index (χ4n) is 2.16. The summed E-state index contributed by atoms with van der Waals surface area (Å²) in [5, 5.41) is 17.0. The van der Waals surface area contributed by atoms with E-state index in [4.69, 9.17) is 0 Å². The first-order valence-electron chi connectivity index (χ1n) is 7.31. The fraction of sp³-hybridized carbons (Fsp3) is 0.118. The third-order valence-corrected chi connectivity index (χ3v) is 3.91. The van der Waals surface area contributed by atoms with E-state index in [9.17, 15) is 9.90 Å². The topological polar surface area (TPSA) is 80.0 Å². The van der Waals surface area contributed by atoms with Crippen LogP contribution < -0.4 is 5.32 Å². The van der Waals surface area contributed by atoms with Gasteiger partial charge in [-0.1, -0.05) is 46.3 Å². The molecule has 122 valence electrons. The van der Waals surface area contributed by atoms with Crippen molar-refractivity contribution in [1.82, 2.24) is 14.8 Å². The predicted octanol–water partition coefficient (Wildman–Crippen LogP) is 3.03. The zero-order valence-electron chi connectivity index (χ0n) is 12.6. The van der Waals surface area contributed by atoms with Crippen LogP contribution in [0.15, 0.2) is 65.4 Å². The standard InChI is InChI=1S/C17H15BrN4O2/c18-13-6-8-14(9-7-13)20-17(24)16-19-11-22(21-16)10-15(23)12-4-2-1-3-5-12/h1-9,11,15,23H,10H2,(H,20,24). The fourth-order valence-corrected chi connectivity index (χ4v) is 2.43. The molecule has 0 aliphatic carbocycles. The van der Waals surface area contributed by atoms with Gasteiger partial charge in [-0.2, -0.15) is 0 Å². The minimum atomic E-state index is -0.713. The van der Waals surface area contributed by atoms with E-state index in [0.29, 0.717) is 5.69 Å². The number of amides is 1. The lowest BCUT2D eigenvalue weighted by Gasteiger charge is -2.10. The highest BCUT2D eigenvalue weighted by atomic mass is 79.9. The summed E-state index contributed by atoms with van der Waals surface area (Å²) in [7, 11) is 0. The average Bonchev–Trinajstić information content (AvgIpc) is 3.06. The van der Waals surface area contributed by atoms with Gasteiger partial charge in [0.05, 0.1) is 12.6 Å². The number of carbonyl (C=O) groups is 1. The summed E-state index contributed by atoms with van der Waals surface area (Å²) < 4.78 is 2.38. The number of nitrogens with one attached hydrogen (secondary N) is 1. The molecule has 2 N–H and O–H groups in total. The van der Waals surface area contributed by atoms with Crippen LogP contribution in [-0.2, 0) is 6.54 Å². The highest BCUT2D eigenvalue weighted by Crippen LogP contribution is 2.15. The molecule has 0 spiro atoms. The number of benzene rings is 2. The van der Waals surface area contributed by atoms with Crippen molar-refractivity contribution in [2.45, 2.75) is 12.6 Å². The van der Waals surface area contributed by atoms with Gasteiger partial charge in [0.1, 0.15) is 6.33 Å². The molecule has 1 unspecified atom stereocenters. The van der Waals surface area contributed by atoms with Crippen LogP contribution in [0.2, 0.25) is 0 Å². The first kappa shape index (κ1) is 16.4. The van der Waals surface area contributed by atoms with Crippen molar-refractivity contribution in [2.24, 2.45) is 0 Å². The van der Waals surface area contributed by atoms with E-state index in [0.717, 1.165) is 10.0 Å². The molecule has 0 bridgehead atoms. The lowest BCUT2D eigenvalue weighted by Crippen LogP contribution is -2.15. The Hall–Kier alpha value is -2.51. The smallest absolute Gasteiger partial charge is 0.295 e. The van der Waals surface area contributed by atoms with Crippen LogP contribution in [0, 0.1) is 0 Å². The van der Waals surface area contributed by atoms with Crippen molar-refractivity contribution in [2.75, 3.05) is 5.32 Å². The van der Waals surface area contributed by atoms with Crippen LogP contribution >= 0.6 is 15.9 Å². The van der Waals surface area contributed by atoms with Gasteiger partial charge in [0.25, 0.3) is 5.91 Å². The molecule has 1 heterocycles. The van der Waals surface area contributed by atoms with Gasteiger partial charge in [0.2, 0.25) is 5.82 Å². The van der Waals surface area contributed by atoms with Crippen molar-refractivity contribution < 1.29 is 9.90 Å². The van der Waals surface area contributed by atoms with Gasteiger partial charge in [0, 0.05) is 10.2 Å². The van der Waals surface area contributed by atoms with E-state index in [1.165, 1.54) is 11.0 Å². The number of aliphatic hydroxyl groups excluding tert-OH is 1. The quantitative estimate of drug-likeness (QED) is 0.706. The van der Waals surface area contributed by atoms with E-state index >= 15 is 0 Å². The van der Waals surface area contributed by atoms with Crippen LogP contribution in [0.3, 0.4) is 0 Å². The van der Waals surface area contributed by atoms with Crippen molar-refractivity contribution >= 4 is 27.5 Å². The normalized spacial score (nSPS) is 11.9. The second-order valence-electron chi connectivity index (χ2n) is 5.18. The summed E-state index contributed by atoms with van der Waals surface area (Å²) in [4.78, 5) is 16.1. The number of halogens is 1. The van der Waals surface area contributed by atoms with Crippen LogP contribution in [0.25, 0.3) is 0 Å². The Morgan fingerprint density at radius 2 is 1.88 bits per heavy atom. The van der Waals surface area contributed by atoms with Gasteiger partial charge >= 0.3 is 0 Å². The molecule has 0 saturated carbocycles. The number of aromatic nitrogens is 3. The summed E-state index contributed by atoms with van der Waals surface area (Å²) in [5.41, 5.74) is 1.44. The highest BCUT2D eigenvalue weighted by molar-refractivity contribution is 9.10. The third-order valence-electron chi connectivity index (χ3n) is 3.39. The monoisotopic (exact) mass is 386 g/mol. The molecule has 0 aliphatic rings. The van der Waals surface area contributed by atoms with E-state index in [-0.39, 0.29) is 12.4 Å². The molecule has 24 heavy (non-hydrogen) atoms. The second-order valence-corrected chi connectivity index (χ2v) is 6.09. The Bertz CT molecular complexity index is 818. The van der Waals surface area contributed by atoms with Crippen molar-refractivity contribution in [3.63, 3.8) is 0 Å². The van der Waals surface area contributed by atoms with Gasteiger partial charge in [-0.05, 0) is 29.8 Å². The summed E-state index contributed by atoms with van der Waals surface area (Å²) >= 11 is 3.34. The molecule has 3 aromatic rings. The van der Waals surface area contributed by atoms with Crippen molar-refractivity contribution in [3.05, 3.63) is 76.8 Å². The Balaban J connectivity index is 1.64. The molecule has 1 aromatic heterocycles. The number of nitrogens with zero attached hydrogens (tertiary/aromatic N) is 3. The lowest BCUT2D eigenvalue weighted by atomic mass is 10.1. The molecule has 0 radical (unpaired) electrons. The van der Waals surface area contributed by atoms with Crippen molar-refractivity contribution in [3.8, 4) is 0 Å². The summed E-state index contributed by atoms with van der Waals surface area (Å²) in [6.45, 7) is 0.225. The van der Waals surface area contributed by atoms with Gasteiger partial charge in [-0.3, -0.25) is 4.79 Å². The molecule has 1 amide bonds. The van der Waals surface area contributed by atoms with Crippen LogP contribution in [0.1, 0.15) is 22.3 Å². The third kappa shape index (κ3) is 4.06. The number of hydrogen-bond donors (Lipinski definition) is 2. The number of rotatable bonds is 5. The van der Waals surface area contributed by atoms with Gasteiger partial charge in [-0.25, -0.2) is 9.67 Å². The Kier molecular flexibility index (Phi) is 5.02. The van der Waals surface area contributed by atoms with Crippen LogP contribution in [0.4, 0.5) is 5.69 Å². The van der Waals surface area contributed by atoms with Gasteiger partial charge < -0.3 is 10.4 Å². The summed E-state index contributed by atoms with van der Waals surface area (Å²) in [6, 6.07) is 16.5. The molecule has 7 heteroatoms. The Morgan fingerprint density at radius 3 is 2.58 bits per heavy atom. The molecule has 3 rings (SSSR count). The molecule has 2 aromatic carbocycles. The minimum absolute atomic E-state index is 0.0539. The van der Waals surface area contributed by atoms with E-state index in [1.807, 2.05) is 42.5 Å². The molecular weight excluding hydrogens is 372 g/mol. The Morgan fingerprint density at radius 1 is 1.17 bits per heavy atom.